The van der Waals surface area contributed by atoms with Gasteiger partial charge in [-0.1, -0.05) is 54.6 Å². The van der Waals surface area contributed by atoms with Crippen molar-refractivity contribution in [1.82, 2.24) is 15.4 Å². The molecule has 3 aromatic carbocycles. The molecule has 6 nitrogen and oxygen atoms in total. The third-order valence-electron chi connectivity index (χ3n) is 7.74. The normalized spacial score (nSPS) is 18.8. The topological polar surface area (TPSA) is 87.3 Å². The van der Waals surface area contributed by atoms with Gasteiger partial charge in [-0.2, -0.15) is 13.2 Å². The number of nitrogens with one attached hydrogen (secondary N) is 3. The van der Waals surface area contributed by atoms with Crippen molar-refractivity contribution in [2.24, 2.45) is 0 Å². The maximum atomic E-state index is 13.3. The number of rotatable bonds is 10. The molecule has 10 heteroatoms. The SMILES string of the molecule is C[C@@H](NC1CC1)c1ccc2c(c1)CCC[C@H]2NC(=O)CC(NS(=O)(=O)c1cccc(C(F)(F)F)c1)c1ccccc1. The summed E-state index contributed by atoms with van der Waals surface area (Å²) in [5, 5.41) is 6.70. The fourth-order valence-corrected chi connectivity index (χ4v) is 6.67. The van der Waals surface area contributed by atoms with Crippen LogP contribution in [0.2, 0.25) is 0 Å². The lowest BCUT2D eigenvalue weighted by Crippen LogP contribution is -2.36. The molecule has 3 aromatic rings. The predicted octanol–water partition coefficient (Wildman–Crippen LogP) is 6.12. The number of carbonyl (C=O) groups is 1. The number of benzene rings is 3. The first kappa shape index (κ1) is 29.3. The molecule has 1 unspecified atom stereocenters. The Bertz CT molecular complexity index is 1490. The number of hydrogen-bond donors (Lipinski definition) is 3. The molecule has 1 amide bonds. The van der Waals surface area contributed by atoms with E-state index in [0.717, 1.165) is 43.0 Å². The molecule has 0 bridgehead atoms. The number of aryl methyl sites for hydroxylation is 1. The molecule has 5 rings (SSSR count). The first-order valence-corrected chi connectivity index (χ1v) is 15.4. The largest absolute Gasteiger partial charge is 0.416 e. The van der Waals surface area contributed by atoms with E-state index in [1.54, 1.807) is 30.3 Å². The van der Waals surface area contributed by atoms with Crippen molar-refractivity contribution in [3.8, 4) is 0 Å². The number of halogens is 3. The zero-order valence-corrected chi connectivity index (χ0v) is 23.6. The fourth-order valence-electron chi connectivity index (χ4n) is 5.40. The molecule has 1 fully saturated rings. The van der Waals surface area contributed by atoms with E-state index < -0.39 is 32.7 Å². The van der Waals surface area contributed by atoms with Gasteiger partial charge in [-0.15, -0.1) is 0 Å². The predicted molar refractivity (Wildman–Crippen MR) is 150 cm³/mol. The quantitative estimate of drug-likeness (QED) is 0.268. The van der Waals surface area contributed by atoms with Crippen molar-refractivity contribution < 1.29 is 26.4 Å². The molecule has 0 aromatic heterocycles. The van der Waals surface area contributed by atoms with Crippen LogP contribution < -0.4 is 15.4 Å². The van der Waals surface area contributed by atoms with E-state index in [9.17, 15) is 26.4 Å². The zero-order chi connectivity index (χ0) is 29.2. The first-order chi connectivity index (χ1) is 19.5. The Morgan fingerprint density at radius 1 is 0.951 bits per heavy atom. The Morgan fingerprint density at radius 2 is 1.71 bits per heavy atom. The van der Waals surface area contributed by atoms with Gasteiger partial charge in [0.1, 0.15) is 0 Å². The van der Waals surface area contributed by atoms with Crippen LogP contribution in [-0.4, -0.2) is 20.4 Å². The fraction of sp³-hybridized carbons (Fsp3) is 0.387. The number of fused-ring (bicyclic) bond motifs is 1. The van der Waals surface area contributed by atoms with Gasteiger partial charge in [0.25, 0.3) is 0 Å². The molecule has 0 radical (unpaired) electrons. The van der Waals surface area contributed by atoms with Crippen LogP contribution in [0, 0.1) is 0 Å². The third kappa shape index (κ3) is 7.36. The van der Waals surface area contributed by atoms with Gasteiger partial charge in [0.15, 0.2) is 0 Å². The van der Waals surface area contributed by atoms with E-state index >= 15 is 0 Å². The molecule has 0 heterocycles. The summed E-state index contributed by atoms with van der Waals surface area (Å²) in [5.41, 5.74) is 2.95. The molecule has 2 aliphatic rings. The first-order valence-electron chi connectivity index (χ1n) is 13.9. The Balaban J connectivity index is 1.32. The second-order valence-corrected chi connectivity index (χ2v) is 12.7. The Labute approximate surface area is 238 Å². The van der Waals surface area contributed by atoms with Crippen molar-refractivity contribution in [3.05, 3.63) is 101 Å². The van der Waals surface area contributed by atoms with Crippen molar-refractivity contribution in [1.29, 1.82) is 0 Å². The molecule has 0 aliphatic heterocycles. The minimum atomic E-state index is -4.69. The van der Waals surface area contributed by atoms with Crippen LogP contribution >= 0.6 is 0 Å². The second kappa shape index (κ2) is 12.0. The molecule has 3 atom stereocenters. The second-order valence-electron chi connectivity index (χ2n) is 10.9. The smallest absolute Gasteiger partial charge is 0.349 e. The molecular weight excluding hydrogens is 551 g/mol. The molecule has 1 saturated carbocycles. The summed E-state index contributed by atoms with van der Waals surface area (Å²) in [6.45, 7) is 2.16. The number of sulfonamides is 1. The monoisotopic (exact) mass is 585 g/mol. The number of carbonyl (C=O) groups excluding carboxylic acids is 1. The summed E-state index contributed by atoms with van der Waals surface area (Å²) in [6.07, 6.45) is 0.125. The van der Waals surface area contributed by atoms with Crippen LogP contribution in [-0.2, 0) is 27.4 Å². The summed E-state index contributed by atoms with van der Waals surface area (Å²) in [7, 11) is -4.37. The minimum absolute atomic E-state index is 0.205. The maximum Gasteiger partial charge on any atom is 0.416 e. The van der Waals surface area contributed by atoms with E-state index in [0.29, 0.717) is 17.7 Å². The molecule has 41 heavy (non-hydrogen) atoms. The van der Waals surface area contributed by atoms with Gasteiger partial charge in [0, 0.05) is 18.5 Å². The van der Waals surface area contributed by atoms with Crippen molar-refractivity contribution in [2.45, 2.75) is 80.7 Å². The van der Waals surface area contributed by atoms with E-state index in [1.807, 2.05) is 0 Å². The average molecular weight is 586 g/mol. The summed E-state index contributed by atoms with van der Waals surface area (Å²) in [5.74, 6) is -0.351. The lowest BCUT2D eigenvalue weighted by molar-refractivity contribution is -0.137. The Hall–Kier alpha value is -3.21. The Kier molecular flexibility index (Phi) is 8.54. The zero-order valence-electron chi connectivity index (χ0n) is 22.7. The molecule has 218 valence electrons. The van der Waals surface area contributed by atoms with Crippen LogP contribution in [0.3, 0.4) is 0 Å². The summed E-state index contributed by atoms with van der Waals surface area (Å²) < 4.78 is 68.5. The number of hydrogen-bond acceptors (Lipinski definition) is 4. The van der Waals surface area contributed by atoms with Gasteiger partial charge in [-0.25, -0.2) is 13.1 Å². The summed E-state index contributed by atoms with van der Waals surface area (Å²) in [6, 6.07) is 18.2. The third-order valence-corrected chi connectivity index (χ3v) is 9.21. The summed E-state index contributed by atoms with van der Waals surface area (Å²) >= 11 is 0. The van der Waals surface area contributed by atoms with E-state index in [1.165, 1.54) is 24.0 Å². The Morgan fingerprint density at radius 3 is 2.41 bits per heavy atom. The van der Waals surface area contributed by atoms with E-state index in [4.69, 9.17) is 0 Å². The highest BCUT2D eigenvalue weighted by atomic mass is 32.2. The van der Waals surface area contributed by atoms with Crippen molar-refractivity contribution >= 4 is 15.9 Å². The van der Waals surface area contributed by atoms with Gasteiger partial charge in [-0.05, 0) is 79.5 Å². The van der Waals surface area contributed by atoms with Crippen molar-refractivity contribution in [2.75, 3.05) is 0 Å². The molecule has 3 N–H and O–H groups in total. The number of amides is 1. The van der Waals surface area contributed by atoms with Gasteiger partial charge >= 0.3 is 6.18 Å². The molecule has 0 saturated heterocycles. The van der Waals surface area contributed by atoms with Crippen LogP contribution in [0.15, 0.2) is 77.7 Å². The minimum Gasteiger partial charge on any atom is -0.349 e. The standard InChI is InChI=1S/C31H34F3N3O3S/c1-20(35-25-14-15-25)22-13-16-27-23(17-22)9-5-12-28(27)36-30(38)19-29(21-7-3-2-4-8-21)37-41(39,40)26-11-6-10-24(18-26)31(32,33)34/h2-4,6-8,10-11,13,16-18,20,25,28-29,35,37H,5,9,12,14-15,19H2,1H3,(H,36,38)/t20-,28-,29?/m1/s1. The lowest BCUT2D eigenvalue weighted by Gasteiger charge is -2.28. The van der Waals surface area contributed by atoms with Crippen LogP contribution in [0.5, 0.6) is 0 Å². The van der Waals surface area contributed by atoms with Gasteiger partial charge < -0.3 is 10.6 Å². The highest BCUT2D eigenvalue weighted by Crippen LogP contribution is 2.34. The molecule has 2 aliphatic carbocycles. The molecule has 0 spiro atoms. The van der Waals surface area contributed by atoms with Crippen LogP contribution in [0.4, 0.5) is 13.2 Å². The lowest BCUT2D eigenvalue weighted by atomic mass is 9.85. The highest BCUT2D eigenvalue weighted by molar-refractivity contribution is 7.89. The van der Waals surface area contributed by atoms with E-state index in [2.05, 4.69) is 40.5 Å². The summed E-state index contributed by atoms with van der Waals surface area (Å²) in [4.78, 5) is 12.8. The van der Waals surface area contributed by atoms with Crippen molar-refractivity contribution in [3.63, 3.8) is 0 Å². The average Bonchev–Trinajstić information content (AvgIpc) is 3.76. The maximum absolute atomic E-state index is 13.3. The van der Waals surface area contributed by atoms with Crippen LogP contribution in [0.1, 0.15) is 85.0 Å². The van der Waals surface area contributed by atoms with Gasteiger partial charge in [-0.3, -0.25) is 4.79 Å². The highest BCUT2D eigenvalue weighted by Gasteiger charge is 2.33. The molecular formula is C31H34F3N3O3S. The van der Waals surface area contributed by atoms with Crippen LogP contribution in [0.25, 0.3) is 0 Å². The van der Waals surface area contributed by atoms with Gasteiger partial charge in [0.05, 0.1) is 22.5 Å². The number of alkyl halides is 3. The van der Waals surface area contributed by atoms with E-state index in [-0.39, 0.29) is 24.4 Å². The van der Waals surface area contributed by atoms with Gasteiger partial charge in [0.2, 0.25) is 15.9 Å².